The van der Waals surface area contributed by atoms with Crippen LogP contribution in [0.1, 0.15) is 42.6 Å². The van der Waals surface area contributed by atoms with Crippen molar-refractivity contribution in [2.45, 2.75) is 39.2 Å². The molecule has 2 heteroatoms. The van der Waals surface area contributed by atoms with Gasteiger partial charge in [0, 0.05) is 5.56 Å². The Hall–Kier alpha value is -1.02. The first-order valence-corrected chi connectivity index (χ1v) is 5.98. The maximum absolute atomic E-state index is 10.3. The molecule has 0 aliphatic heterocycles. The molecule has 0 heterocycles. The first-order valence-electron chi connectivity index (χ1n) is 5.98. The second-order valence-electron chi connectivity index (χ2n) is 4.87. The van der Waals surface area contributed by atoms with Crippen LogP contribution in [0.4, 0.5) is 0 Å². The Balaban J connectivity index is 2.52. The molecule has 88 valence electrons. The van der Waals surface area contributed by atoms with Gasteiger partial charge in [0.1, 0.15) is 5.75 Å². The molecule has 0 bridgehead atoms. The number of methoxy groups -OCH3 is 1. The molecule has 2 rings (SSSR count). The van der Waals surface area contributed by atoms with Gasteiger partial charge in [-0.25, -0.2) is 0 Å². The second kappa shape index (κ2) is 4.46. The molecule has 1 aliphatic rings. The van der Waals surface area contributed by atoms with Crippen molar-refractivity contribution in [3.05, 3.63) is 28.8 Å². The molecule has 1 aromatic rings. The van der Waals surface area contributed by atoms with Crippen LogP contribution in [0.2, 0.25) is 0 Å². The zero-order valence-corrected chi connectivity index (χ0v) is 10.3. The number of hydrogen-bond acceptors (Lipinski definition) is 2. The molecule has 2 atom stereocenters. The Morgan fingerprint density at radius 2 is 2.12 bits per heavy atom. The van der Waals surface area contributed by atoms with Gasteiger partial charge in [-0.2, -0.15) is 0 Å². The number of ether oxygens (including phenoxy) is 1. The van der Waals surface area contributed by atoms with Crippen LogP contribution in [0.5, 0.6) is 5.75 Å². The molecule has 2 nitrogen and oxygen atoms in total. The lowest BCUT2D eigenvalue weighted by atomic mass is 9.95. The van der Waals surface area contributed by atoms with E-state index >= 15 is 0 Å². The quantitative estimate of drug-likeness (QED) is 0.737. The Bertz CT molecular complexity index is 385. The van der Waals surface area contributed by atoms with Gasteiger partial charge >= 0.3 is 0 Å². The number of aliphatic hydroxyl groups is 1. The van der Waals surface area contributed by atoms with E-state index in [1.165, 1.54) is 11.1 Å². The SMILES string of the molecule is COc1ccc(C)c2c1CCC(C)CC2O. The lowest BCUT2D eigenvalue weighted by molar-refractivity contribution is 0.149. The van der Waals surface area contributed by atoms with Crippen molar-refractivity contribution in [1.29, 1.82) is 0 Å². The van der Waals surface area contributed by atoms with Gasteiger partial charge in [-0.05, 0) is 49.3 Å². The summed E-state index contributed by atoms with van der Waals surface area (Å²) < 4.78 is 5.40. The summed E-state index contributed by atoms with van der Waals surface area (Å²) in [6, 6.07) is 4.05. The number of benzene rings is 1. The molecular weight excluding hydrogens is 200 g/mol. The van der Waals surface area contributed by atoms with E-state index in [-0.39, 0.29) is 6.10 Å². The molecular formula is C14H20O2. The number of aliphatic hydroxyl groups excluding tert-OH is 1. The molecule has 16 heavy (non-hydrogen) atoms. The van der Waals surface area contributed by atoms with E-state index in [2.05, 4.69) is 13.8 Å². The minimum atomic E-state index is -0.331. The molecule has 0 fully saturated rings. The van der Waals surface area contributed by atoms with Crippen LogP contribution in [0.25, 0.3) is 0 Å². The summed E-state index contributed by atoms with van der Waals surface area (Å²) in [6.45, 7) is 4.27. The van der Waals surface area contributed by atoms with Crippen LogP contribution in [0, 0.1) is 12.8 Å². The minimum Gasteiger partial charge on any atom is -0.496 e. The van der Waals surface area contributed by atoms with Crippen molar-refractivity contribution in [3.63, 3.8) is 0 Å². The van der Waals surface area contributed by atoms with Gasteiger partial charge in [0.25, 0.3) is 0 Å². The highest BCUT2D eigenvalue weighted by molar-refractivity contribution is 5.46. The molecule has 0 saturated carbocycles. The van der Waals surface area contributed by atoms with E-state index in [1.54, 1.807) is 7.11 Å². The summed E-state index contributed by atoms with van der Waals surface area (Å²) in [5, 5.41) is 10.3. The summed E-state index contributed by atoms with van der Waals surface area (Å²) in [5.41, 5.74) is 3.49. The summed E-state index contributed by atoms with van der Waals surface area (Å²) >= 11 is 0. The lowest BCUT2D eigenvalue weighted by Gasteiger charge is -2.18. The van der Waals surface area contributed by atoms with Crippen molar-refractivity contribution < 1.29 is 9.84 Å². The normalized spacial score (nSPS) is 24.8. The minimum absolute atomic E-state index is 0.331. The van der Waals surface area contributed by atoms with E-state index in [4.69, 9.17) is 4.74 Å². The second-order valence-corrected chi connectivity index (χ2v) is 4.87. The maximum Gasteiger partial charge on any atom is 0.122 e. The van der Waals surface area contributed by atoms with Crippen molar-refractivity contribution in [1.82, 2.24) is 0 Å². The van der Waals surface area contributed by atoms with Gasteiger partial charge in [-0.1, -0.05) is 13.0 Å². The summed E-state index contributed by atoms with van der Waals surface area (Å²) in [7, 11) is 1.70. The van der Waals surface area contributed by atoms with Crippen LogP contribution in [-0.2, 0) is 6.42 Å². The first-order chi connectivity index (χ1) is 7.63. The van der Waals surface area contributed by atoms with Gasteiger partial charge in [0.15, 0.2) is 0 Å². The number of hydrogen-bond donors (Lipinski definition) is 1. The predicted molar refractivity (Wildman–Crippen MR) is 64.8 cm³/mol. The highest BCUT2D eigenvalue weighted by atomic mass is 16.5. The summed E-state index contributed by atoms with van der Waals surface area (Å²) in [4.78, 5) is 0. The Kier molecular flexibility index (Phi) is 3.20. The fraction of sp³-hybridized carbons (Fsp3) is 0.571. The first kappa shape index (κ1) is 11.5. The largest absolute Gasteiger partial charge is 0.496 e. The Morgan fingerprint density at radius 1 is 1.38 bits per heavy atom. The van der Waals surface area contributed by atoms with Gasteiger partial charge in [0.05, 0.1) is 13.2 Å². The molecule has 1 N–H and O–H groups in total. The van der Waals surface area contributed by atoms with E-state index < -0.39 is 0 Å². The Labute approximate surface area is 97.3 Å². The maximum atomic E-state index is 10.3. The standard InChI is InChI=1S/C14H20O2/c1-9-4-6-11-13(16-3)7-5-10(2)14(11)12(15)8-9/h5,7,9,12,15H,4,6,8H2,1-3H3. The zero-order chi connectivity index (χ0) is 11.7. The zero-order valence-electron chi connectivity index (χ0n) is 10.3. The summed E-state index contributed by atoms with van der Waals surface area (Å²) in [6.07, 6.45) is 2.67. The number of rotatable bonds is 1. The molecule has 0 radical (unpaired) electrons. The third kappa shape index (κ3) is 1.94. The highest BCUT2D eigenvalue weighted by Gasteiger charge is 2.24. The van der Waals surface area contributed by atoms with Crippen LogP contribution < -0.4 is 4.74 Å². The van der Waals surface area contributed by atoms with E-state index in [9.17, 15) is 5.11 Å². The molecule has 1 aliphatic carbocycles. The predicted octanol–water partition coefficient (Wildman–Crippen LogP) is 3.01. The van der Waals surface area contributed by atoms with Crippen LogP contribution in [0.15, 0.2) is 12.1 Å². The Morgan fingerprint density at radius 3 is 2.81 bits per heavy atom. The van der Waals surface area contributed by atoms with Crippen molar-refractivity contribution in [2.75, 3.05) is 7.11 Å². The van der Waals surface area contributed by atoms with E-state index in [0.717, 1.165) is 30.6 Å². The van der Waals surface area contributed by atoms with Gasteiger partial charge in [-0.15, -0.1) is 0 Å². The molecule has 2 unspecified atom stereocenters. The van der Waals surface area contributed by atoms with Crippen molar-refractivity contribution >= 4 is 0 Å². The third-order valence-electron chi connectivity index (χ3n) is 3.60. The fourth-order valence-electron chi connectivity index (χ4n) is 2.68. The van der Waals surface area contributed by atoms with Crippen molar-refractivity contribution in [2.24, 2.45) is 5.92 Å². The van der Waals surface area contributed by atoms with E-state index in [1.807, 2.05) is 12.1 Å². The van der Waals surface area contributed by atoms with Gasteiger partial charge < -0.3 is 9.84 Å². The average molecular weight is 220 g/mol. The van der Waals surface area contributed by atoms with Crippen LogP contribution >= 0.6 is 0 Å². The lowest BCUT2D eigenvalue weighted by Crippen LogP contribution is -2.05. The monoisotopic (exact) mass is 220 g/mol. The smallest absolute Gasteiger partial charge is 0.122 e. The van der Waals surface area contributed by atoms with Gasteiger partial charge in [0.2, 0.25) is 0 Å². The molecule has 0 aromatic heterocycles. The molecule has 0 saturated heterocycles. The topological polar surface area (TPSA) is 29.5 Å². The van der Waals surface area contributed by atoms with E-state index in [0.29, 0.717) is 5.92 Å². The van der Waals surface area contributed by atoms with Crippen LogP contribution in [-0.4, -0.2) is 12.2 Å². The summed E-state index contributed by atoms with van der Waals surface area (Å²) in [5.74, 6) is 1.50. The number of aryl methyl sites for hydroxylation is 1. The third-order valence-corrected chi connectivity index (χ3v) is 3.60. The number of fused-ring (bicyclic) bond motifs is 1. The fourth-order valence-corrected chi connectivity index (χ4v) is 2.68. The molecule has 1 aromatic carbocycles. The average Bonchev–Trinajstić information content (AvgIpc) is 2.39. The molecule has 0 spiro atoms. The molecule has 0 amide bonds. The van der Waals surface area contributed by atoms with Gasteiger partial charge in [-0.3, -0.25) is 0 Å². The highest BCUT2D eigenvalue weighted by Crippen LogP contribution is 2.38. The van der Waals surface area contributed by atoms with Crippen LogP contribution in [0.3, 0.4) is 0 Å². The van der Waals surface area contributed by atoms with Crippen molar-refractivity contribution in [3.8, 4) is 5.75 Å².